The van der Waals surface area contributed by atoms with E-state index in [2.05, 4.69) is 5.32 Å². The average molecular weight is 286 g/mol. The Morgan fingerprint density at radius 3 is 2.76 bits per heavy atom. The number of benzene rings is 2. The van der Waals surface area contributed by atoms with Crippen molar-refractivity contribution in [2.45, 2.75) is 6.92 Å². The van der Waals surface area contributed by atoms with Gasteiger partial charge in [-0.15, -0.1) is 0 Å². The van der Waals surface area contributed by atoms with Crippen LogP contribution in [0, 0.1) is 6.92 Å². The first-order valence-electron chi connectivity index (χ1n) is 6.51. The maximum Gasteiger partial charge on any atom is 0.262 e. The highest BCUT2D eigenvalue weighted by Crippen LogP contribution is 2.25. The third-order valence-electron chi connectivity index (χ3n) is 2.86. The van der Waals surface area contributed by atoms with Crippen LogP contribution in [0.4, 0.5) is 11.4 Å². The van der Waals surface area contributed by atoms with Crippen molar-refractivity contribution in [3.8, 4) is 11.5 Å². The molecule has 2 aromatic rings. The average Bonchev–Trinajstić information content (AvgIpc) is 2.45. The maximum atomic E-state index is 11.9. The number of amides is 1. The molecule has 21 heavy (non-hydrogen) atoms. The van der Waals surface area contributed by atoms with Crippen LogP contribution in [0.15, 0.2) is 42.5 Å². The first-order chi connectivity index (χ1) is 10.1. The van der Waals surface area contributed by atoms with E-state index in [0.717, 1.165) is 5.56 Å². The van der Waals surface area contributed by atoms with Crippen molar-refractivity contribution in [1.29, 1.82) is 0 Å². The zero-order valence-electron chi connectivity index (χ0n) is 12.1. The molecule has 0 unspecified atom stereocenters. The Hall–Kier alpha value is -2.69. The third-order valence-corrected chi connectivity index (χ3v) is 2.86. The van der Waals surface area contributed by atoms with Gasteiger partial charge < -0.3 is 20.5 Å². The molecule has 0 heterocycles. The van der Waals surface area contributed by atoms with E-state index in [1.165, 1.54) is 0 Å². The largest absolute Gasteiger partial charge is 0.495 e. The summed E-state index contributed by atoms with van der Waals surface area (Å²) in [5.74, 6) is 0.903. The molecule has 2 rings (SSSR count). The summed E-state index contributed by atoms with van der Waals surface area (Å²) in [4.78, 5) is 11.9. The lowest BCUT2D eigenvalue weighted by molar-refractivity contribution is -0.118. The normalized spacial score (nSPS) is 10.0. The van der Waals surface area contributed by atoms with E-state index in [1.807, 2.05) is 25.1 Å². The number of carbonyl (C=O) groups is 1. The van der Waals surface area contributed by atoms with Crippen molar-refractivity contribution in [2.24, 2.45) is 0 Å². The number of methoxy groups -OCH3 is 1. The molecule has 2 aromatic carbocycles. The van der Waals surface area contributed by atoms with Crippen molar-refractivity contribution in [3.63, 3.8) is 0 Å². The molecule has 0 saturated carbocycles. The molecule has 110 valence electrons. The fourth-order valence-electron chi connectivity index (χ4n) is 1.86. The monoisotopic (exact) mass is 286 g/mol. The van der Waals surface area contributed by atoms with E-state index in [9.17, 15) is 4.79 Å². The standard InChI is InChI=1S/C16H18N2O3/c1-11-6-7-15(20-2)14(8-11)18-16(19)10-21-13-5-3-4-12(17)9-13/h3-9H,10,17H2,1-2H3,(H,18,19). The second-order valence-electron chi connectivity index (χ2n) is 4.61. The lowest BCUT2D eigenvalue weighted by atomic mass is 10.2. The topological polar surface area (TPSA) is 73.6 Å². The highest BCUT2D eigenvalue weighted by Gasteiger charge is 2.08. The quantitative estimate of drug-likeness (QED) is 0.829. The maximum absolute atomic E-state index is 11.9. The Morgan fingerprint density at radius 1 is 1.24 bits per heavy atom. The summed E-state index contributed by atoms with van der Waals surface area (Å²) in [5.41, 5.74) is 7.89. The molecule has 0 aromatic heterocycles. The molecule has 3 N–H and O–H groups in total. The minimum absolute atomic E-state index is 0.0967. The predicted octanol–water partition coefficient (Wildman–Crippen LogP) is 2.60. The Balaban J connectivity index is 1.97. The number of nitrogens with one attached hydrogen (secondary N) is 1. The molecule has 0 bridgehead atoms. The van der Waals surface area contributed by atoms with Crippen LogP contribution in [0.1, 0.15) is 5.56 Å². The van der Waals surface area contributed by atoms with E-state index < -0.39 is 0 Å². The Morgan fingerprint density at radius 2 is 2.05 bits per heavy atom. The Kier molecular flexibility index (Phi) is 4.66. The molecule has 5 heteroatoms. The van der Waals surface area contributed by atoms with Gasteiger partial charge in [0, 0.05) is 11.8 Å². The lowest BCUT2D eigenvalue weighted by Crippen LogP contribution is -2.20. The number of rotatable bonds is 5. The number of aryl methyl sites for hydroxylation is 1. The molecule has 5 nitrogen and oxygen atoms in total. The van der Waals surface area contributed by atoms with Crippen LogP contribution >= 0.6 is 0 Å². The van der Waals surface area contributed by atoms with Gasteiger partial charge in [0.05, 0.1) is 12.8 Å². The zero-order chi connectivity index (χ0) is 15.2. The van der Waals surface area contributed by atoms with Crippen molar-refractivity contribution >= 4 is 17.3 Å². The molecule has 0 aliphatic rings. The molecular formula is C16H18N2O3. The van der Waals surface area contributed by atoms with Crippen molar-refractivity contribution in [1.82, 2.24) is 0 Å². The molecule has 0 saturated heterocycles. The van der Waals surface area contributed by atoms with E-state index in [-0.39, 0.29) is 12.5 Å². The lowest BCUT2D eigenvalue weighted by Gasteiger charge is -2.11. The van der Waals surface area contributed by atoms with Gasteiger partial charge in [0.2, 0.25) is 0 Å². The number of nitrogen functional groups attached to an aromatic ring is 1. The Labute approximate surface area is 123 Å². The third kappa shape index (κ3) is 4.14. The minimum Gasteiger partial charge on any atom is -0.495 e. The van der Waals surface area contributed by atoms with Gasteiger partial charge in [-0.2, -0.15) is 0 Å². The van der Waals surface area contributed by atoms with Crippen LogP contribution in [0.2, 0.25) is 0 Å². The van der Waals surface area contributed by atoms with Crippen LogP contribution in [-0.4, -0.2) is 19.6 Å². The molecule has 0 radical (unpaired) electrons. The van der Waals surface area contributed by atoms with Gasteiger partial charge in [0.1, 0.15) is 11.5 Å². The van der Waals surface area contributed by atoms with E-state index in [1.54, 1.807) is 31.4 Å². The molecule has 0 aliphatic heterocycles. The van der Waals surface area contributed by atoms with Gasteiger partial charge in [-0.3, -0.25) is 4.79 Å². The highest BCUT2D eigenvalue weighted by molar-refractivity contribution is 5.93. The molecule has 0 spiro atoms. The SMILES string of the molecule is COc1ccc(C)cc1NC(=O)COc1cccc(N)c1. The number of anilines is 2. The first-order valence-corrected chi connectivity index (χ1v) is 6.51. The van der Waals surface area contributed by atoms with Gasteiger partial charge in [-0.25, -0.2) is 0 Å². The van der Waals surface area contributed by atoms with Crippen molar-refractivity contribution in [2.75, 3.05) is 24.8 Å². The fourth-order valence-corrected chi connectivity index (χ4v) is 1.86. The summed E-state index contributed by atoms with van der Waals surface area (Å²) in [6.07, 6.45) is 0. The molecule has 0 aliphatic carbocycles. The Bertz CT molecular complexity index is 641. The van der Waals surface area contributed by atoms with Gasteiger partial charge >= 0.3 is 0 Å². The number of ether oxygens (including phenoxy) is 2. The van der Waals surface area contributed by atoms with Crippen LogP contribution in [0.5, 0.6) is 11.5 Å². The van der Waals surface area contributed by atoms with Crippen LogP contribution < -0.4 is 20.5 Å². The predicted molar refractivity (Wildman–Crippen MR) is 82.7 cm³/mol. The summed E-state index contributed by atoms with van der Waals surface area (Å²) in [6, 6.07) is 12.5. The second kappa shape index (κ2) is 6.65. The summed E-state index contributed by atoms with van der Waals surface area (Å²) in [7, 11) is 1.56. The number of nitrogens with two attached hydrogens (primary N) is 1. The van der Waals surface area contributed by atoms with E-state index in [0.29, 0.717) is 22.9 Å². The molecule has 0 fully saturated rings. The van der Waals surface area contributed by atoms with Crippen LogP contribution in [-0.2, 0) is 4.79 Å². The van der Waals surface area contributed by atoms with E-state index in [4.69, 9.17) is 15.2 Å². The summed E-state index contributed by atoms with van der Waals surface area (Å²) in [6.45, 7) is 1.85. The van der Waals surface area contributed by atoms with Gasteiger partial charge in [0.15, 0.2) is 6.61 Å². The summed E-state index contributed by atoms with van der Waals surface area (Å²) < 4.78 is 10.6. The summed E-state index contributed by atoms with van der Waals surface area (Å²) in [5, 5.41) is 2.77. The van der Waals surface area contributed by atoms with Gasteiger partial charge in [-0.05, 0) is 36.8 Å². The van der Waals surface area contributed by atoms with E-state index >= 15 is 0 Å². The number of hydrogen-bond donors (Lipinski definition) is 2. The molecule has 1 amide bonds. The van der Waals surface area contributed by atoms with Crippen LogP contribution in [0.3, 0.4) is 0 Å². The number of hydrogen-bond acceptors (Lipinski definition) is 4. The summed E-state index contributed by atoms with van der Waals surface area (Å²) >= 11 is 0. The first kappa shape index (κ1) is 14.7. The van der Waals surface area contributed by atoms with Crippen molar-refractivity contribution < 1.29 is 14.3 Å². The second-order valence-corrected chi connectivity index (χ2v) is 4.61. The smallest absolute Gasteiger partial charge is 0.262 e. The highest BCUT2D eigenvalue weighted by atomic mass is 16.5. The minimum atomic E-state index is -0.263. The zero-order valence-corrected chi connectivity index (χ0v) is 12.1. The van der Waals surface area contributed by atoms with Crippen LogP contribution in [0.25, 0.3) is 0 Å². The molecular weight excluding hydrogens is 268 g/mol. The van der Waals surface area contributed by atoms with Crippen molar-refractivity contribution in [3.05, 3.63) is 48.0 Å². The number of carbonyl (C=O) groups excluding carboxylic acids is 1. The molecule has 0 atom stereocenters. The van der Waals surface area contributed by atoms with Gasteiger partial charge in [-0.1, -0.05) is 12.1 Å². The fraction of sp³-hybridized carbons (Fsp3) is 0.188. The van der Waals surface area contributed by atoms with Gasteiger partial charge in [0.25, 0.3) is 5.91 Å².